The fraction of sp³-hybridized carbons (Fsp3) is 0.0909. The minimum absolute atomic E-state index is 0.0712. The minimum atomic E-state index is -0.782. The van der Waals surface area contributed by atoms with E-state index in [0.717, 1.165) is 6.07 Å². The Morgan fingerprint density at radius 3 is 2.42 bits per heavy atom. The number of rotatable bonds is 6. The summed E-state index contributed by atoms with van der Waals surface area (Å²) in [5, 5.41) is 5.45. The van der Waals surface area contributed by atoms with Crippen molar-refractivity contribution in [2.75, 3.05) is 17.7 Å². The third kappa shape index (κ3) is 5.51. The SMILES string of the molecule is COc1ccc(NC(=O)Cc2c(F)cccc2Cl)cc1NC(=O)c1ccc(Cl)cc1F. The average Bonchev–Trinajstić information content (AvgIpc) is 2.71. The van der Waals surface area contributed by atoms with Crippen molar-refractivity contribution in [3.05, 3.63) is 87.4 Å². The van der Waals surface area contributed by atoms with E-state index in [2.05, 4.69) is 10.6 Å². The number of benzene rings is 3. The Bertz CT molecular complexity index is 1140. The number of carbonyl (C=O) groups excluding carboxylic acids is 2. The second-order valence-electron chi connectivity index (χ2n) is 6.42. The number of carbonyl (C=O) groups is 2. The van der Waals surface area contributed by atoms with Gasteiger partial charge < -0.3 is 15.4 Å². The van der Waals surface area contributed by atoms with E-state index in [4.69, 9.17) is 27.9 Å². The second kappa shape index (κ2) is 9.76. The second-order valence-corrected chi connectivity index (χ2v) is 7.26. The molecular weight excluding hydrogens is 449 g/mol. The Labute approximate surface area is 186 Å². The number of hydrogen-bond donors (Lipinski definition) is 2. The Hall–Kier alpha value is -3.16. The van der Waals surface area contributed by atoms with Crippen molar-refractivity contribution >= 4 is 46.4 Å². The maximum Gasteiger partial charge on any atom is 0.258 e. The van der Waals surface area contributed by atoms with Gasteiger partial charge in [0.1, 0.15) is 17.4 Å². The topological polar surface area (TPSA) is 67.4 Å². The van der Waals surface area contributed by atoms with E-state index >= 15 is 0 Å². The molecule has 31 heavy (non-hydrogen) atoms. The normalized spacial score (nSPS) is 10.5. The van der Waals surface area contributed by atoms with Crippen molar-refractivity contribution in [1.29, 1.82) is 0 Å². The van der Waals surface area contributed by atoms with Gasteiger partial charge in [-0.25, -0.2) is 8.78 Å². The predicted molar refractivity (Wildman–Crippen MR) is 116 cm³/mol. The van der Waals surface area contributed by atoms with E-state index in [1.54, 1.807) is 0 Å². The molecule has 0 radical (unpaired) electrons. The highest BCUT2D eigenvalue weighted by Gasteiger charge is 2.16. The first-order valence-corrected chi connectivity index (χ1v) is 9.71. The lowest BCUT2D eigenvalue weighted by atomic mass is 10.1. The lowest BCUT2D eigenvalue weighted by Crippen LogP contribution is -2.17. The summed E-state index contributed by atoms with van der Waals surface area (Å²) in [4.78, 5) is 24.8. The van der Waals surface area contributed by atoms with Crippen LogP contribution in [0, 0.1) is 11.6 Å². The third-order valence-electron chi connectivity index (χ3n) is 4.31. The summed E-state index contributed by atoms with van der Waals surface area (Å²) in [6.45, 7) is 0. The summed E-state index contributed by atoms with van der Waals surface area (Å²) in [7, 11) is 1.40. The first kappa shape index (κ1) is 22.5. The van der Waals surface area contributed by atoms with Gasteiger partial charge in [0.05, 0.1) is 24.8 Å². The number of methoxy groups -OCH3 is 1. The molecule has 5 nitrogen and oxygen atoms in total. The van der Waals surface area contributed by atoms with Crippen molar-refractivity contribution < 1.29 is 23.1 Å². The maximum atomic E-state index is 14.0. The Kier molecular flexibility index (Phi) is 7.09. The molecule has 0 saturated carbocycles. The van der Waals surface area contributed by atoms with Crippen LogP contribution < -0.4 is 15.4 Å². The van der Waals surface area contributed by atoms with E-state index in [9.17, 15) is 18.4 Å². The zero-order chi connectivity index (χ0) is 22.5. The molecule has 2 N–H and O–H groups in total. The van der Waals surface area contributed by atoms with Gasteiger partial charge in [0.2, 0.25) is 5.91 Å². The number of hydrogen-bond acceptors (Lipinski definition) is 3. The van der Waals surface area contributed by atoms with Crippen LogP contribution in [0.15, 0.2) is 54.6 Å². The summed E-state index contributed by atoms with van der Waals surface area (Å²) in [6, 6.07) is 12.3. The van der Waals surface area contributed by atoms with E-state index < -0.39 is 23.4 Å². The van der Waals surface area contributed by atoms with E-state index in [-0.39, 0.29) is 39.0 Å². The van der Waals surface area contributed by atoms with Crippen molar-refractivity contribution in [2.45, 2.75) is 6.42 Å². The summed E-state index contributed by atoms with van der Waals surface area (Å²) in [6.07, 6.45) is -0.283. The molecule has 3 aromatic rings. The van der Waals surface area contributed by atoms with Crippen LogP contribution in [0.5, 0.6) is 5.75 Å². The number of halogens is 4. The molecule has 0 bridgehead atoms. The minimum Gasteiger partial charge on any atom is -0.495 e. The van der Waals surface area contributed by atoms with Crippen LogP contribution in [0.4, 0.5) is 20.2 Å². The highest BCUT2D eigenvalue weighted by atomic mass is 35.5. The number of anilines is 2. The van der Waals surface area contributed by atoms with Crippen molar-refractivity contribution in [3.8, 4) is 5.75 Å². The van der Waals surface area contributed by atoms with Crippen LogP contribution >= 0.6 is 23.2 Å². The first-order valence-electron chi connectivity index (χ1n) is 8.95. The molecule has 0 fully saturated rings. The Morgan fingerprint density at radius 2 is 1.74 bits per heavy atom. The van der Waals surface area contributed by atoms with E-state index in [1.807, 2.05) is 0 Å². The number of ether oxygens (including phenoxy) is 1. The lowest BCUT2D eigenvalue weighted by molar-refractivity contribution is -0.115. The first-order chi connectivity index (χ1) is 14.8. The molecule has 160 valence electrons. The van der Waals surface area contributed by atoms with Crippen molar-refractivity contribution in [1.82, 2.24) is 0 Å². The molecule has 0 spiro atoms. The summed E-state index contributed by atoms with van der Waals surface area (Å²) in [5.41, 5.74) is 0.366. The van der Waals surface area contributed by atoms with Crippen LogP contribution in [-0.4, -0.2) is 18.9 Å². The van der Waals surface area contributed by atoms with Gasteiger partial charge in [0.25, 0.3) is 5.91 Å². The fourth-order valence-corrected chi connectivity index (χ4v) is 3.20. The van der Waals surface area contributed by atoms with Gasteiger partial charge in [0, 0.05) is 21.3 Å². The lowest BCUT2D eigenvalue weighted by Gasteiger charge is -2.13. The van der Waals surface area contributed by atoms with Gasteiger partial charge in [0.15, 0.2) is 0 Å². The van der Waals surface area contributed by atoms with Gasteiger partial charge >= 0.3 is 0 Å². The molecule has 2 amide bonds. The van der Waals surface area contributed by atoms with Gasteiger partial charge in [-0.05, 0) is 48.5 Å². The Balaban J connectivity index is 1.78. The smallest absolute Gasteiger partial charge is 0.258 e. The van der Waals surface area contributed by atoms with E-state index in [0.29, 0.717) is 5.69 Å². The highest BCUT2D eigenvalue weighted by molar-refractivity contribution is 6.31. The molecule has 3 rings (SSSR count). The zero-order valence-corrected chi connectivity index (χ0v) is 17.7. The summed E-state index contributed by atoms with van der Waals surface area (Å²) < 4.78 is 33.2. The van der Waals surface area contributed by atoms with Crippen LogP contribution in [0.3, 0.4) is 0 Å². The third-order valence-corrected chi connectivity index (χ3v) is 4.90. The molecule has 0 aliphatic carbocycles. The molecule has 0 aromatic heterocycles. The number of nitrogens with one attached hydrogen (secondary N) is 2. The van der Waals surface area contributed by atoms with Crippen LogP contribution in [0.25, 0.3) is 0 Å². The van der Waals surface area contributed by atoms with Gasteiger partial charge in [-0.3, -0.25) is 9.59 Å². The summed E-state index contributed by atoms with van der Waals surface area (Å²) >= 11 is 11.7. The molecule has 0 heterocycles. The molecule has 3 aromatic carbocycles. The predicted octanol–water partition coefficient (Wildman–Crippen LogP) is 5.71. The van der Waals surface area contributed by atoms with Gasteiger partial charge in [-0.1, -0.05) is 29.3 Å². The molecule has 0 atom stereocenters. The fourth-order valence-electron chi connectivity index (χ4n) is 2.81. The molecule has 0 aliphatic rings. The molecule has 0 saturated heterocycles. The largest absolute Gasteiger partial charge is 0.495 e. The van der Waals surface area contributed by atoms with Crippen LogP contribution in [0.1, 0.15) is 15.9 Å². The Morgan fingerprint density at radius 1 is 0.968 bits per heavy atom. The number of amides is 2. The monoisotopic (exact) mass is 464 g/mol. The zero-order valence-electron chi connectivity index (χ0n) is 16.1. The molecular formula is C22H16Cl2F2N2O3. The summed E-state index contributed by atoms with van der Waals surface area (Å²) in [5.74, 6) is -2.32. The molecule has 0 aliphatic heterocycles. The maximum absolute atomic E-state index is 14.0. The average molecular weight is 465 g/mol. The van der Waals surface area contributed by atoms with Gasteiger partial charge in [-0.15, -0.1) is 0 Å². The quantitative estimate of drug-likeness (QED) is 0.490. The van der Waals surface area contributed by atoms with Crippen molar-refractivity contribution in [2.24, 2.45) is 0 Å². The van der Waals surface area contributed by atoms with E-state index in [1.165, 1.54) is 55.6 Å². The molecule has 9 heteroatoms. The van der Waals surface area contributed by atoms with Gasteiger partial charge in [-0.2, -0.15) is 0 Å². The standard InChI is InChI=1S/C22H16Cl2F2N2O3/c1-31-20-8-6-13(27-21(29)11-15-16(24)3-2-4-17(15)25)10-19(20)28-22(30)14-7-5-12(23)9-18(14)26/h2-10H,11H2,1H3,(H,27,29)(H,28,30). The highest BCUT2D eigenvalue weighted by Crippen LogP contribution is 2.29. The van der Waals surface area contributed by atoms with Crippen molar-refractivity contribution in [3.63, 3.8) is 0 Å². The van der Waals surface area contributed by atoms with Crippen LogP contribution in [0.2, 0.25) is 10.0 Å². The molecule has 0 unspecified atom stereocenters. The van der Waals surface area contributed by atoms with Crippen LogP contribution in [-0.2, 0) is 11.2 Å².